The molecule has 1 rings (SSSR count). The van der Waals surface area contributed by atoms with Crippen LogP contribution in [0.2, 0.25) is 0 Å². The number of rotatable bonds is 6. The Labute approximate surface area is 99.8 Å². The van der Waals surface area contributed by atoms with Gasteiger partial charge in [0, 0.05) is 6.20 Å². The van der Waals surface area contributed by atoms with Crippen LogP contribution in [-0.4, -0.2) is 34.8 Å². The van der Waals surface area contributed by atoms with E-state index in [9.17, 15) is 9.90 Å². The number of hydrogen-bond donors (Lipinski definition) is 3. The van der Waals surface area contributed by atoms with Crippen LogP contribution in [0.25, 0.3) is 0 Å². The number of aromatic nitrogens is 1. The number of anilines is 1. The summed E-state index contributed by atoms with van der Waals surface area (Å²) in [4.78, 5) is 14.7. The van der Waals surface area contributed by atoms with Gasteiger partial charge in [0.2, 0.25) is 5.91 Å². The highest BCUT2D eigenvalue weighted by atomic mass is 16.5. The van der Waals surface area contributed by atoms with Gasteiger partial charge >= 0.3 is 0 Å². The van der Waals surface area contributed by atoms with E-state index in [1.807, 2.05) is 13.8 Å². The molecule has 0 aromatic carbocycles. The lowest BCUT2D eigenvalue weighted by molar-refractivity contribution is -0.125. The molecule has 17 heavy (non-hydrogen) atoms. The number of amides is 1. The summed E-state index contributed by atoms with van der Waals surface area (Å²) in [5, 5.41) is 12.1. The summed E-state index contributed by atoms with van der Waals surface area (Å²) >= 11 is 0. The first-order valence-electron chi connectivity index (χ1n) is 5.33. The molecule has 1 aromatic heterocycles. The highest BCUT2D eigenvalue weighted by molar-refractivity contribution is 5.79. The molecular formula is C11H17N3O3. The molecule has 0 bridgehead atoms. The quantitative estimate of drug-likeness (QED) is 0.655. The van der Waals surface area contributed by atoms with E-state index < -0.39 is 12.0 Å². The first-order chi connectivity index (χ1) is 8.00. The zero-order valence-electron chi connectivity index (χ0n) is 9.88. The van der Waals surface area contributed by atoms with E-state index in [1.54, 1.807) is 18.3 Å². The van der Waals surface area contributed by atoms with Gasteiger partial charge in [-0.05, 0) is 26.0 Å². The van der Waals surface area contributed by atoms with Gasteiger partial charge < -0.3 is 20.9 Å². The first kappa shape index (κ1) is 13.2. The number of nitrogens with one attached hydrogen (secondary N) is 1. The molecule has 94 valence electrons. The summed E-state index contributed by atoms with van der Waals surface area (Å²) in [6.07, 6.45) is 0.358. The van der Waals surface area contributed by atoms with E-state index in [0.29, 0.717) is 11.6 Å². The molecule has 0 aliphatic heterocycles. The molecule has 0 saturated carbocycles. The second-order valence-electron chi connectivity index (χ2n) is 3.82. The summed E-state index contributed by atoms with van der Waals surface area (Å²) in [5.41, 5.74) is 4.94. The number of hydrogen-bond acceptors (Lipinski definition) is 5. The number of carbonyl (C=O) groups is 1. The van der Waals surface area contributed by atoms with Gasteiger partial charge in [-0.3, -0.25) is 4.79 Å². The van der Waals surface area contributed by atoms with Crippen molar-refractivity contribution >= 4 is 11.7 Å². The average Bonchev–Trinajstić information content (AvgIpc) is 2.26. The lowest BCUT2D eigenvalue weighted by atomic mass is 10.3. The topological polar surface area (TPSA) is 97.5 Å². The molecule has 4 N–H and O–H groups in total. The minimum atomic E-state index is -1.25. The third-order valence-corrected chi connectivity index (χ3v) is 1.92. The largest absolute Gasteiger partial charge is 0.487 e. The minimum absolute atomic E-state index is 0.000796. The maximum absolute atomic E-state index is 10.7. The van der Waals surface area contributed by atoms with Gasteiger partial charge in [-0.2, -0.15) is 0 Å². The van der Waals surface area contributed by atoms with Gasteiger partial charge in [0.1, 0.15) is 6.10 Å². The lowest BCUT2D eigenvalue weighted by Crippen LogP contribution is -2.34. The number of nitrogens with two attached hydrogens (primary N) is 1. The molecule has 0 aliphatic carbocycles. The fourth-order valence-electron chi connectivity index (χ4n) is 1.17. The Kier molecular flexibility index (Phi) is 4.71. The van der Waals surface area contributed by atoms with E-state index in [2.05, 4.69) is 10.3 Å². The summed E-state index contributed by atoms with van der Waals surface area (Å²) < 4.78 is 5.52. The number of ether oxygens (including phenoxy) is 1. The fourth-order valence-corrected chi connectivity index (χ4v) is 1.17. The van der Waals surface area contributed by atoms with E-state index in [-0.39, 0.29) is 12.6 Å². The second-order valence-corrected chi connectivity index (χ2v) is 3.82. The van der Waals surface area contributed by atoms with Gasteiger partial charge in [-0.1, -0.05) is 0 Å². The smallest absolute Gasteiger partial charge is 0.248 e. The van der Waals surface area contributed by atoms with Crippen molar-refractivity contribution < 1.29 is 14.6 Å². The number of pyridine rings is 1. The first-order valence-corrected chi connectivity index (χ1v) is 5.33. The molecule has 1 atom stereocenters. The second kappa shape index (κ2) is 6.05. The van der Waals surface area contributed by atoms with Crippen LogP contribution in [0.15, 0.2) is 18.3 Å². The van der Waals surface area contributed by atoms with E-state index >= 15 is 0 Å². The van der Waals surface area contributed by atoms with Gasteiger partial charge in [-0.15, -0.1) is 0 Å². The molecule has 1 amide bonds. The van der Waals surface area contributed by atoms with Crippen LogP contribution in [0.1, 0.15) is 13.8 Å². The molecule has 0 fully saturated rings. The molecule has 0 radical (unpaired) electrons. The highest BCUT2D eigenvalue weighted by Crippen LogP contribution is 2.21. The van der Waals surface area contributed by atoms with Crippen molar-refractivity contribution in [3.8, 4) is 5.75 Å². The zero-order valence-corrected chi connectivity index (χ0v) is 9.88. The maximum atomic E-state index is 10.7. The monoisotopic (exact) mass is 239 g/mol. The Morgan fingerprint density at radius 2 is 2.35 bits per heavy atom. The van der Waals surface area contributed by atoms with E-state index in [1.165, 1.54) is 0 Å². The standard InChI is InChI=1S/C11H17N3O3/c1-7(2)17-9-4-3-5-13-11(9)14-6-8(15)10(12)16/h3-5,7-8,15H,6H2,1-2H3,(H2,12,16)(H,13,14). The summed E-state index contributed by atoms with van der Waals surface area (Å²) in [7, 11) is 0. The normalized spacial score (nSPS) is 12.2. The summed E-state index contributed by atoms with van der Waals surface area (Å²) in [6, 6.07) is 3.50. The van der Waals surface area contributed by atoms with Crippen molar-refractivity contribution in [2.45, 2.75) is 26.1 Å². The predicted molar refractivity (Wildman–Crippen MR) is 63.7 cm³/mol. The predicted octanol–water partition coefficient (Wildman–Crippen LogP) is 0.127. The van der Waals surface area contributed by atoms with Crippen molar-refractivity contribution in [2.24, 2.45) is 5.73 Å². The van der Waals surface area contributed by atoms with Gasteiger partial charge in [-0.25, -0.2) is 4.98 Å². The van der Waals surface area contributed by atoms with E-state index in [0.717, 1.165) is 0 Å². The van der Waals surface area contributed by atoms with Crippen molar-refractivity contribution in [1.29, 1.82) is 0 Å². The Hall–Kier alpha value is -1.82. The van der Waals surface area contributed by atoms with Crippen molar-refractivity contribution in [3.05, 3.63) is 18.3 Å². The lowest BCUT2D eigenvalue weighted by Gasteiger charge is -2.15. The molecule has 6 nitrogen and oxygen atoms in total. The van der Waals surface area contributed by atoms with Crippen LogP contribution in [0.4, 0.5) is 5.82 Å². The van der Waals surface area contributed by atoms with Crippen molar-refractivity contribution in [1.82, 2.24) is 4.98 Å². The Bertz CT molecular complexity index is 382. The van der Waals surface area contributed by atoms with Gasteiger partial charge in [0.25, 0.3) is 0 Å². The number of carbonyl (C=O) groups excluding carboxylic acids is 1. The Balaban J connectivity index is 2.66. The Morgan fingerprint density at radius 3 is 2.94 bits per heavy atom. The van der Waals surface area contributed by atoms with Crippen molar-refractivity contribution in [3.63, 3.8) is 0 Å². The molecule has 6 heteroatoms. The van der Waals surface area contributed by atoms with Crippen LogP contribution in [0.3, 0.4) is 0 Å². The molecule has 0 spiro atoms. The van der Waals surface area contributed by atoms with Gasteiger partial charge in [0.05, 0.1) is 12.6 Å². The third kappa shape index (κ3) is 4.28. The third-order valence-electron chi connectivity index (χ3n) is 1.92. The van der Waals surface area contributed by atoms with Gasteiger partial charge in [0.15, 0.2) is 11.6 Å². The molecule has 1 unspecified atom stereocenters. The molecule has 1 aromatic rings. The molecular weight excluding hydrogens is 222 g/mol. The van der Waals surface area contributed by atoms with Crippen LogP contribution < -0.4 is 15.8 Å². The molecule has 1 heterocycles. The van der Waals surface area contributed by atoms with E-state index in [4.69, 9.17) is 10.5 Å². The van der Waals surface area contributed by atoms with Crippen LogP contribution in [-0.2, 0) is 4.79 Å². The summed E-state index contributed by atoms with van der Waals surface area (Å²) in [6.45, 7) is 3.80. The summed E-state index contributed by atoms with van der Waals surface area (Å²) in [5.74, 6) is 0.264. The van der Waals surface area contributed by atoms with Crippen LogP contribution in [0, 0.1) is 0 Å². The van der Waals surface area contributed by atoms with Crippen LogP contribution >= 0.6 is 0 Å². The zero-order chi connectivity index (χ0) is 12.8. The molecule has 0 aliphatic rings. The SMILES string of the molecule is CC(C)Oc1cccnc1NCC(O)C(N)=O. The number of nitrogens with zero attached hydrogens (tertiary/aromatic N) is 1. The fraction of sp³-hybridized carbons (Fsp3) is 0.455. The number of aliphatic hydroxyl groups is 1. The Morgan fingerprint density at radius 1 is 1.65 bits per heavy atom. The molecule has 0 saturated heterocycles. The number of aliphatic hydroxyl groups excluding tert-OH is 1. The van der Waals surface area contributed by atoms with Crippen molar-refractivity contribution in [2.75, 3.05) is 11.9 Å². The van der Waals surface area contributed by atoms with Crippen LogP contribution in [0.5, 0.6) is 5.75 Å². The maximum Gasteiger partial charge on any atom is 0.248 e. The highest BCUT2D eigenvalue weighted by Gasteiger charge is 2.12. The number of primary amides is 1. The minimum Gasteiger partial charge on any atom is -0.487 e. The average molecular weight is 239 g/mol.